The van der Waals surface area contributed by atoms with Crippen LogP contribution in [0.2, 0.25) is 0 Å². The van der Waals surface area contributed by atoms with Crippen molar-refractivity contribution < 1.29 is 22.9 Å². The highest BCUT2D eigenvalue weighted by Crippen LogP contribution is 2.37. The molecule has 10 heteroatoms. The number of amides is 1. The van der Waals surface area contributed by atoms with E-state index in [0.717, 1.165) is 0 Å². The van der Waals surface area contributed by atoms with Crippen molar-refractivity contribution in [3.63, 3.8) is 0 Å². The van der Waals surface area contributed by atoms with Crippen LogP contribution in [0.5, 0.6) is 0 Å². The Bertz CT molecular complexity index is 836. The molecule has 0 saturated carbocycles. The average molecular weight is 383 g/mol. The first-order valence-corrected chi connectivity index (χ1v) is 9.69. The second-order valence-corrected chi connectivity index (χ2v) is 9.38. The minimum Gasteiger partial charge on any atom is -0.444 e. The fraction of sp³-hybridized carbons (Fsp3) is 0.562. The summed E-state index contributed by atoms with van der Waals surface area (Å²) in [5.74, 6) is 0. The first kappa shape index (κ1) is 18.6. The molecule has 0 aliphatic carbocycles. The Morgan fingerprint density at radius 2 is 1.81 bits per heavy atom. The smallest absolute Gasteiger partial charge is 0.410 e. The highest BCUT2D eigenvalue weighted by Gasteiger charge is 2.52. The SMILES string of the molecule is CC(C)(C)OC(=O)N1C2CC1CN(S(=O)(=O)c1ccccc1[N+](=O)[O-])C2. The first-order chi connectivity index (χ1) is 12.0. The number of hydrogen-bond donors (Lipinski definition) is 0. The number of carbonyl (C=O) groups excluding carboxylic acids is 1. The van der Waals surface area contributed by atoms with E-state index < -0.39 is 32.3 Å². The van der Waals surface area contributed by atoms with Gasteiger partial charge in [0.15, 0.2) is 4.90 Å². The fourth-order valence-corrected chi connectivity index (χ4v) is 5.02. The summed E-state index contributed by atoms with van der Waals surface area (Å²) >= 11 is 0. The van der Waals surface area contributed by atoms with Gasteiger partial charge in [-0.1, -0.05) is 12.1 Å². The minimum absolute atomic E-state index is 0.101. The van der Waals surface area contributed by atoms with E-state index in [0.29, 0.717) is 6.42 Å². The van der Waals surface area contributed by atoms with Crippen LogP contribution in [0.4, 0.5) is 10.5 Å². The fourth-order valence-electron chi connectivity index (χ4n) is 3.35. The number of piperidine rings is 1. The number of piperazine rings is 1. The van der Waals surface area contributed by atoms with E-state index in [2.05, 4.69) is 0 Å². The van der Waals surface area contributed by atoms with E-state index >= 15 is 0 Å². The number of nitrogens with zero attached hydrogens (tertiary/aromatic N) is 3. The molecule has 9 nitrogen and oxygen atoms in total. The van der Waals surface area contributed by atoms with Crippen molar-refractivity contribution in [1.82, 2.24) is 9.21 Å². The van der Waals surface area contributed by atoms with Gasteiger partial charge in [0, 0.05) is 19.2 Å². The molecule has 4 rings (SSSR count). The van der Waals surface area contributed by atoms with Gasteiger partial charge in [-0.3, -0.25) is 15.0 Å². The van der Waals surface area contributed by atoms with E-state index in [1.807, 2.05) is 0 Å². The molecule has 0 N–H and O–H groups in total. The zero-order chi connectivity index (χ0) is 19.3. The van der Waals surface area contributed by atoms with Gasteiger partial charge in [-0.2, -0.15) is 4.31 Å². The number of benzene rings is 1. The molecular formula is C16H21N3O6S. The molecule has 0 radical (unpaired) electrons. The van der Waals surface area contributed by atoms with Crippen molar-refractivity contribution in [3.8, 4) is 0 Å². The third-order valence-electron chi connectivity index (χ3n) is 4.44. The molecule has 3 aliphatic rings. The summed E-state index contributed by atoms with van der Waals surface area (Å²) in [7, 11) is -4.01. The predicted molar refractivity (Wildman–Crippen MR) is 92.1 cm³/mol. The second kappa shape index (κ2) is 6.20. The van der Waals surface area contributed by atoms with Crippen molar-refractivity contribution in [2.75, 3.05) is 13.1 Å². The highest BCUT2D eigenvalue weighted by atomic mass is 32.2. The Morgan fingerprint density at radius 1 is 1.23 bits per heavy atom. The summed E-state index contributed by atoms with van der Waals surface area (Å²) in [5, 5.41) is 11.2. The molecule has 2 bridgehead atoms. The molecule has 0 aromatic heterocycles. The average Bonchev–Trinajstić information content (AvgIpc) is 2.53. The molecule has 1 aromatic rings. The van der Waals surface area contributed by atoms with Gasteiger partial charge in [0.25, 0.3) is 5.69 Å². The maximum atomic E-state index is 12.9. The third kappa shape index (κ3) is 3.26. The van der Waals surface area contributed by atoms with Crippen LogP contribution in [0.1, 0.15) is 27.2 Å². The summed E-state index contributed by atoms with van der Waals surface area (Å²) in [4.78, 5) is 24.0. The van der Waals surface area contributed by atoms with Gasteiger partial charge in [0.2, 0.25) is 10.0 Å². The number of rotatable bonds is 3. The molecule has 3 heterocycles. The predicted octanol–water partition coefficient (Wildman–Crippen LogP) is 1.98. The van der Waals surface area contributed by atoms with E-state index in [9.17, 15) is 23.3 Å². The monoisotopic (exact) mass is 383 g/mol. The summed E-state index contributed by atoms with van der Waals surface area (Å²) in [6, 6.07) is 4.73. The van der Waals surface area contributed by atoms with Gasteiger partial charge in [-0.05, 0) is 33.3 Å². The lowest BCUT2D eigenvalue weighted by molar-refractivity contribution is -0.387. The molecular weight excluding hydrogens is 362 g/mol. The maximum Gasteiger partial charge on any atom is 0.410 e. The molecule has 26 heavy (non-hydrogen) atoms. The molecule has 0 spiro atoms. The summed E-state index contributed by atoms with van der Waals surface area (Å²) in [6.07, 6.45) is 0.240. The van der Waals surface area contributed by atoms with Crippen molar-refractivity contribution in [2.45, 2.75) is 49.8 Å². The molecule has 1 aromatic carbocycles. The van der Waals surface area contributed by atoms with Crippen molar-refractivity contribution in [1.29, 1.82) is 0 Å². The van der Waals surface area contributed by atoms with E-state index in [4.69, 9.17) is 4.74 Å². The number of nitro groups is 1. The zero-order valence-corrected chi connectivity index (χ0v) is 15.6. The van der Waals surface area contributed by atoms with Gasteiger partial charge >= 0.3 is 6.09 Å². The lowest BCUT2D eigenvalue weighted by atomic mass is 9.89. The normalized spacial score (nSPS) is 23.3. The second-order valence-electron chi connectivity index (χ2n) is 7.48. The molecule has 3 saturated heterocycles. The van der Waals surface area contributed by atoms with Gasteiger partial charge in [0.1, 0.15) is 5.60 Å². The van der Waals surface area contributed by atoms with Crippen LogP contribution in [-0.4, -0.2) is 59.4 Å². The first-order valence-electron chi connectivity index (χ1n) is 8.25. The van der Waals surface area contributed by atoms with Crippen molar-refractivity contribution in [3.05, 3.63) is 34.4 Å². The van der Waals surface area contributed by atoms with E-state index in [1.54, 1.807) is 25.7 Å². The van der Waals surface area contributed by atoms with Gasteiger partial charge in [-0.15, -0.1) is 0 Å². The Hall–Kier alpha value is -2.20. The maximum absolute atomic E-state index is 12.9. The van der Waals surface area contributed by atoms with Crippen molar-refractivity contribution in [2.24, 2.45) is 0 Å². The Balaban J connectivity index is 1.79. The summed E-state index contributed by atoms with van der Waals surface area (Å²) in [6.45, 7) is 5.51. The minimum atomic E-state index is -4.01. The van der Waals surface area contributed by atoms with Gasteiger partial charge < -0.3 is 4.74 Å². The van der Waals surface area contributed by atoms with Crippen LogP contribution >= 0.6 is 0 Å². The van der Waals surface area contributed by atoms with E-state index in [-0.39, 0.29) is 30.1 Å². The van der Waals surface area contributed by atoms with Crippen LogP contribution < -0.4 is 0 Å². The zero-order valence-electron chi connectivity index (χ0n) is 14.8. The van der Waals surface area contributed by atoms with Crippen LogP contribution in [0.3, 0.4) is 0 Å². The lowest BCUT2D eigenvalue weighted by Gasteiger charge is -2.55. The van der Waals surface area contributed by atoms with Crippen LogP contribution in [0, 0.1) is 10.1 Å². The molecule has 142 valence electrons. The quantitative estimate of drug-likeness (QED) is 0.583. The standard InChI is InChI=1S/C16H21N3O6S/c1-16(2,3)25-15(20)18-11-8-12(18)10-17(9-11)26(23,24)14-7-5-4-6-13(14)19(21)22/h4-7,11-12H,8-10H2,1-3H3. The third-order valence-corrected chi connectivity index (χ3v) is 6.32. The topological polar surface area (TPSA) is 110 Å². The summed E-state index contributed by atoms with van der Waals surface area (Å²) < 4.78 is 32.3. The van der Waals surface area contributed by atoms with Crippen LogP contribution in [-0.2, 0) is 14.8 Å². The molecule has 2 unspecified atom stereocenters. The molecule has 3 aliphatic heterocycles. The largest absolute Gasteiger partial charge is 0.444 e. The van der Waals surface area contributed by atoms with Crippen LogP contribution in [0.15, 0.2) is 29.2 Å². The Morgan fingerprint density at radius 3 is 2.35 bits per heavy atom. The van der Waals surface area contributed by atoms with Gasteiger partial charge in [0.05, 0.1) is 17.0 Å². The van der Waals surface area contributed by atoms with Gasteiger partial charge in [-0.25, -0.2) is 13.2 Å². The summed E-state index contributed by atoms with van der Waals surface area (Å²) in [5.41, 5.74) is -1.08. The number of sulfonamides is 1. The molecule has 2 atom stereocenters. The number of hydrogen-bond acceptors (Lipinski definition) is 6. The number of carbonyl (C=O) groups is 1. The lowest BCUT2D eigenvalue weighted by Crippen LogP contribution is -2.71. The molecule has 3 fully saturated rings. The number of fused-ring (bicyclic) bond motifs is 2. The number of ether oxygens (including phenoxy) is 1. The highest BCUT2D eigenvalue weighted by molar-refractivity contribution is 7.89. The van der Waals surface area contributed by atoms with E-state index in [1.165, 1.54) is 28.6 Å². The Labute approximate surface area is 151 Å². The Kier molecular flexibility index (Phi) is 4.43. The number of para-hydroxylation sites is 1. The van der Waals surface area contributed by atoms with Crippen molar-refractivity contribution >= 4 is 21.8 Å². The van der Waals surface area contributed by atoms with Crippen LogP contribution in [0.25, 0.3) is 0 Å². The molecule has 1 amide bonds. The number of nitro benzene ring substituents is 1.